The number of carbonyl (C=O) groups is 1. The van der Waals surface area contributed by atoms with Gasteiger partial charge in [0.25, 0.3) is 0 Å². The lowest BCUT2D eigenvalue weighted by Crippen LogP contribution is -2.26. The molecule has 0 bridgehead atoms. The Morgan fingerprint density at radius 3 is 2.17 bits per heavy atom. The van der Waals surface area contributed by atoms with Crippen molar-refractivity contribution in [2.45, 2.75) is 27.7 Å². The maximum absolute atomic E-state index is 10.6. The Morgan fingerprint density at radius 2 is 1.92 bits per heavy atom. The van der Waals surface area contributed by atoms with Crippen molar-refractivity contribution in [1.82, 2.24) is 0 Å². The second-order valence-corrected chi connectivity index (χ2v) is 4.39. The highest BCUT2D eigenvalue weighted by Gasteiger charge is 2.56. The van der Waals surface area contributed by atoms with Crippen LogP contribution in [0.1, 0.15) is 27.7 Å². The largest absolute Gasteiger partial charge is 0.550 e. The zero-order valence-corrected chi connectivity index (χ0v) is 8.05. The second-order valence-electron chi connectivity index (χ2n) is 4.39. The van der Waals surface area contributed by atoms with Crippen molar-refractivity contribution >= 4 is 5.97 Å². The zero-order chi connectivity index (χ0) is 9.52. The number of rotatable bonds is 2. The highest BCUT2D eigenvalue weighted by atomic mass is 16.4. The molecule has 2 nitrogen and oxygen atoms in total. The first kappa shape index (κ1) is 9.30. The number of carbonyl (C=O) groups excluding carboxylic acids is 1. The van der Waals surface area contributed by atoms with Gasteiger partial charge in [-0.05, 0) is 25.2 Å². The lowest BCUT2D eigenvalue weighted by atomic mass is 10.1. The molecule has 0 spiro atoms. The lowest BCUT2D eigenvalue weighted by molar-refractivity contribution is -0.308. The molecule has 2 atom stereocenters. The van der Waals surface area contributed by atoms with Gasteiger partial charge >= 0.3 is 0 Å². The van der Waals surface area contributed by atoms with Gasteiger partial charge in [-0.1, -0.05) is 25.5 Å². The average molecular weight is 167 g/mol. The van der Waals surface area contributed by atoms with Crippen molar-refractivity contribution in [3.05, 3.63) is 11.6 Å². The molecule has 0 aromatic carbocycles. The Hall–Kier alpha value is -0.790. The predicted molar refractivity (Wildman–Crippen MR) is 45.2 cm³/mol. The molecule has 1 saturated carbocycles. The van der Waals surface area contributed by atoms with Crippen molar-refractivity contribution in [2.75, 3.05) is 0 Å². The van der Waals surface area contributed by atoms with Crippen LogP contribution in [0.4, 0.5) is 0 Å². The highest BCUT2D eigenvalue weighted by Crippen LogP contribution is 2.58. The van der Waals surface area contributed by atoms with E-state index >= 15 is 0 Å². The number of carboxylic acids is 1. The van der Waals surface area contributed by atoms with Gasteiger partial charge in [-0.25, -0.2) is 0 Å². The molecule has 1 aliphatic carbocycles. The van der Waals surface area contributed by atoms with Crippen LogP contribution >= 0.6 is 0 Å². The molecule has 0 amide bonds. The summed E-state index contributed by atoms with van der Waals surface area (Å²) in [6.45, 7) is 7.91. The van der Waals surface area contributed by atoms with Crippen molar-refractivity contribution < 1.29 is 9.90 Å². The van der Waals surface area contributed by atoms with Crippen LogP contribution in [0, 0.1) is 17.3 Å². The van der Waals surface area contributed by atoms with E-state index < -0.39 is 5.97 Å². The highest BCUT2D eigenvalue weighted by molar-refractivity contribution is 5.74. The van der Waals surface area contributed by atoms with Gasteiger partial charge in [0.05, 0.1) is 0 Å². The van der Waals surface area contributed by atoms with Crippen molar-refractivity contribution in [2.24, 2.45) is 17.3 Å². The summed E-state index contributed by atoms with van der Waals surface area (Å²) >= 11 is 0. The fourth-order valence-electron chi connectivity index (χ4n) is 1.80. The van der Waals surface area contributed by atoms with Crippen LogP contribution in [0.5, 0.6) is 0 Å². The van der Waals surface area contributed by atoms with Gasteiger partial charge in [0.15, 0.2) is 0 Å². The van der Waals surface area contributed by atoms with Crippen LogP contribution in [0.3, 0.4) is 0 Å². The molecule has 0 aromatic rings. The predicted octanol–water partition coefficient (Wildman–Crippen LogP) is 0.975. The number of carboxylic acid groups (broad SMARTS) is 1. The number of allylic oxidation sites excluding steroid dienone is 2. The third kappa shape index (κ3) is 1.38. The van der Waals surface area contributed by atoms with E-state index in [1.807, 2.05) is 33.8 Å². The fourth-order valence-corrected chi connectivity index (χ4v) is 1.80. The SMILES string of the molecule is CC(C)=CC1C(C(=O)[O-])C1(C)C. The molecule has 12 heavy (non-hydrogen) atoms. The van der Waals surface area contributed by atoms with Crippen LogP contribution in [0.25, 0.3) is 0 Å². The molecule has 0 heterocycles. The summed E-state index contributed by atoms with van der Waals surface area (Å²) in [6, 6.07) is 0. The summed E-state index contributed by atoms with van der Waals surface area (Å²) < 4.78 is 0. The molecule has 0 aliphatic heterocycles. The van der Waals surface area contributed by atoms with Crippen LogP contribution < -0.4 is 5.11 Å². The molecule has 0 aromatic heterocycles. The Kier molecular flexibility index (Phi) is 2.02. The van der Waals surface area contributed by atoms with Gasteiger partial charge in [0.1, 0.15) is 0 Å². The van der Waals surface area contributed by atoms with Gasteiger partial charge in [0, 0.05) is 11.9 Å². The molecule has 0 N–H and O–H groups in total. The number of aliphatic carboxylic acids is 1. The summed E-state index contributed by atoms with van der Waals surface area (Å²) in [5, 5.41) is 10.6. The molecule has 68 valence electrons. The third-order valence-corrected chi connectivity index (χ3v) is 2.68. The maximum atomic E-state index is 10.6. The van der Waals surface area contributed by atoms with Gasteiger partial charge in [0.2, 0.25) is 0 Å². The molecule has 0 saturated heterocycles. The number of hydrogen-bond donors (Lipinski definition) is 0. The van der Waals surface area contributed by atoms with E-state index in [0.717, 1.165) is 0 Å². The lowest BCUT2D eigenvalue weighted by Gasteiger charge is -2.01. The van der Waals surface area contributed by atoms with E-state index in [4.69, 9.17) is 0 Å². The minimum absolute atomic E-state index is 0.101. The van der Waals surface area contributed by atoms with Gasteiger partial charge < -0.3 is 9.90 Å². The Morgan fingerprint density at radius 1 is 1.42 bits per heavy atom. The van der Waals surface area contributed by atoms with Crippen LogP contribution in [-0.4, -0.2) is 5.97 Å². The smallest absolute Gasteiger partial charge is 0.0456 e. The first-order chi connectivity index (χ1) is 5.37. The summed E-state index contributed by atoms with van der Waals surface area (Å²) in [5.74, 6) is -1.03. The van der Waals surface area contributed by atoms with E-state index in [0.29, 0.717) is 0 Å². The molecular weight excluding hydrogens is 152 g/mol. The Balaban J connectivity index is 2.73. The molecule has 1 aliphatic rings. The zero-order valence-electron chi connectivity index (χ0n) is 8.05. The molecular formula is C10H15O2-. The average Bonchev–Trinajstić information content (AvgIpc) is 2.32. The van der Waals surface area contributed by atoms with E-state index in [1.165, 1.54) is 5.57 Å². The van der Waals surface area contributed by atoms with E-state index in [-0.39, 0.29) is 17.3 Å². The summed E-state index contributed by atoms with van der Waals surface area (Å²) in [6.07, 6.45) is 2.03. The maximum Gasteiger partial charge on any atom is 0.0456 e. The second kappa shape index (κ2) is 2.61. The monoisotopic (exact) mass is 167 g/mol. The Bertz CT molecular complexity index is 234. The minimum Gasteiger partial charge on any atom is -0.550 e. The topological polar surface area (TPSA) is 40.1 Å². The summed E-state index contributed by atoms with van der Waals surface area (Å²) in [5.41, 5.74) is 1.08. The van der Waals surface area contributed by atoms with E-state index in [2.05, 4.69) is 0 Å². The fraction of sp³-hybridized carbons (Fsp3) is 0.700. The molecule has 0 radical (unpaired) electrons. The molecule has 2 heteroatoms. The van der Waals surface area contributed by atoms with Crippen LogP contribution in [0.15, 0.2) is 11.6 Å². The van der Waals surface area contributed by atoms with Crippen molar-refractivity contribution in [1.29, 1.82) is 0 Å². The van der Waals surface area contributed by atoms with Gasteiger partial charge in [-0.2, -0.15) is 0 Å². The minimum atomic E-state index is -0.914. The first-order valence-corrected chi connectivity index (χ1v) is 4.23. The van der Waals surface area contributed by atoms with Crippen LogP contribution in [0.2, 0.25) is 0 Å². The first-order valence-electron chi connectivity index (χ1n) is 4.23. The molecule has 1 fully saturated rings. The van der Waals surface area contributed by atoms with Gasteiger partial charge in [-0.15, -0.1) is 0 Å². The van der Waals surface area contributed by atoms with Crippen molar-refractivity contribution in [3.8, 4) is 0 Å². The Labute approximate surface area is 73.3 Å². The molecule has 2 unspecified atom stereocenters. The van der Waals surface area contributed by atoms with E-state index in [1.54, 1.807) is 0 Å². The molecule has 1 rings (SSSR count). The third-order valence-electron chi connectivity index (χ3n) is 2.68. The summed E-state index contributed by atoms with van der Waals surface area (Å²) in [7, 11) is 0. The summed E-state index contributed by atoms with van der Waals surface area (Å²) in [4.78, 5) is 10.6. The van der Waals surface area contributed by atoms with E-state index in [9.17, 15) is 9.90 Å². The van der Waals surface area contributed by atoms with Crippen LogP contribution in [-0.2, 0) is 4.79 Å². The standard InChI is InChI=1S/C10H16O2/c1-6(2)5-7-8(9(11)12)10(7,3)4/h5,7-8H,1-4H3,(H,11,12)/p-1. The normalized spacial score (nSPS) is 31.0. The number of hydrogen-bond acceptors (Lipinski definition) is 2. The van der Waals surface area contributed by atoms with Crippen molar-refractivity contribution in [3.63, 3.8) is 0 Å². The quantitative estimate of drug-likeness (QED) is 0.575. The van der Waals surface area contributed by atoms with Gasteiger partial charge in [-0.3, -0.25) is 0 Å².